The lowest BCUT2D eigenvalue weighted by atomic mass is 9.51. The maximum Gasteiger partial charge on any atom is 0.255 e. The second-order valence-electron chi connectivity index (χ2n) is 9.64. The van der Waals surface area contributed by atoms with Crippen molar-refractivity contribution in [1.29, 1.82) is 0 Å². The van der Waals surface area contributed by atoms with Crippen molar-refractivity contribution in [1.82, 2.24) is 9.97 Å². The molecular weight excluding hydrogens is 528 g/mol. The first-order valence-corrected chi connectivity index (χ1v) is 13.6. The number of aliphatic hydroxyl groups is 2. The Labute approximate surface area is 216 Å². The molecular formula is C25H24ClF2N3O5S. The number of aromatic nitrogens is 2. The Morgan fingerprint density at radius 3 is 2.54 bits per heavy atom. The molecule has 37 heavy (non-hydrogen) atoms. The van der Waals surface area contributed by atoms with E-state index < -0.39 is 56.2 Å². The number of aliphatic hydroxyl groups excluding tert-OH is 1. The summed E-state index contributed by atoms with van der Waals surface area (Å²) in [6.07, 6.45) is 3.05. The van der Waals surface area contributed by atoms with Crippen LogP contribution in [0.15, 0.2) is 53.7 Å². The average Bonchev–Trinajstić information content (AvgIpc) is 3.38. The highest BCUT2D eigenvalue weighted by Crippen LogP contribution is 2.57. The normalized spacial score (nSPS) is 25.8. The van der Waals surface area contributed by atoms with E-state index in [9.17, 15) is 32.2 Å². The third-order valence-corrected chi connectivity index (χ3v) is 10.2. The van der Waals surface area contributed by atoms with Crippen molar-refractivity contribution < 1.29 is 32.2 Å². The van der Waals surface area contributed by atoms with Gasteiger partial charge in [-0.2, -0.15) is 0 Å². The maximum atomic E-state index is 13.6. The first-order valence-electron chi connectivity index (χ1n) is 11.7. The minimum atomic E-state index is -4.00. The van der Waals surface area contributed by atoms with Gasteiger partial charge < -0.3 is 20.5 Å². The predicted octanol–water partition coefficient (Wildman–Crippen LogP) is 3.50. The highest BCUT2D eigenvalue weighted by atomic mass is 35.5. The van der Waals surface area contributed by atoms with Crippen LogP contribution in [-0.4, -0.2) is 51.5 Å². The van der Waals surface area contributed by atoms with Crippen LogP contribution in [0.2, 0.25) is 5.02 Å². The molecule has 3 atom stereocenters. The fourth-order valence-corrected chi connectivity index (χ4v) is 7.97. The van der Waals surface area contributed by atoms with E-state index in [0.717, 1.165) is 18.2 Å². The third kappa shape index (κ3) is 4.54. The summed E-state index contributed by atoms with van der Waals surface area (Å²) in [6.45, 7) is 0. The fourth-order valence-electron chi connectivity index (χ4n) is 5.57. The maximum absolute atomic E-state index is 13.6. The quantitative estimate of drug-likeness (QED) is 0.355. The van der Waals surface area contributed by atoms with Crippen molar-refractivity contribution in [2.24, 2.45) is 11.8 Å². The molecule has 0 aliphatic heterocycles. The molecule has 1 aromatic heterocycles. The molecule has 3 unspecified atom stereocenters. The second kappa shape index (κ2) is 9.46. The first-order chi connectivity index (χ1) is 17.5. The number of benzene rings is 2. The van der Waals surface area contributed by atoms with Gasteiger partial charge in [-0.1, -0.05) is 11.6 Å². The fraction of sp³-hybridized carbons (Fsp3) is 0.360. The molecule has 3 fully saturated rings. The minimum absolute atomic E-state index is 0.00279. The Balaban J connectivity index is 1.33. The van der Waals surface area contributed by atoms with Crippen LogP contribution in [0.3, 0.4) is 0 Å². The number of fused-ring (bicyclic) bond motifs is 2. The molecule has 12 heteroatoms. The van der Waals surface area contributed by atoms with E-state index in [1.807, 2.05) is 0 Å². The Bertz CT molecular complexity index is 1440. The van der Waals surface area contributed by atoms with Gasteiger partial charge in [-0.25, -0.2) is 22.2 Å². The summed E-state index contributed by atoms with van der Waals surface area (Å²) >= 11 is 6.23. The largest absolute Gasteiger partial charge is 0.390 e. The standard InChI is InChI=1S/C25H24ClF2N3O5S/c26-18-3-1-13(24(33)31-16-2-4-19(27)20(28)11-16)7-21(18)37(35,36)17-9-14-8-15(10-17)25(14,34)22(32)12-23-29-5-6-30-23/h1-7,11,14-15,17,22,32,34H,8-10,12H2,(H,29,30)(H,31,33)/t14?,15?,17-,22?,25-. The van der Waals surface area contributed by atoms with Crippen LogP contribution in [0.4, 0.5) is 14.5 Å². The molecule has 3 aromatic rings. The van der Waals surface area contributed by atoms with Gasteiger partial charge in [0.1, 0.15) is 5.82 Å². The molecule has 3 saturated carbocycles. The molecule has 1 amide bonds. The van der Waals surface area contributed by atoms with Crippen LogP contribution in [-0.2, 0) is 16.3 Å². The van der Waals surface area contributed by atoms with E-state index in [-0.39, 0.29) is 40.4 Å². The number of carbonyl (C=O) groups is 1. The van der Waals surface area contributed by atoms with Gasteiger partial charge in [-0.05, 0) is 61.4 Å². The zero-order valence-electron chi connectivity index (χ0n) is 19.4. The Hall–Kier alpha value is -2.86. The minimum Gasteiger partial charge on any atom is -0.390 e. The van der Waals surface area contributed by atoms with Gasteiger partial charge in [0.25, 0.3) is 5.91 Å². The van der Waals surface area contributed by atoms with Crippen molar-refractivity contribution in [3.8, 4) is 0 Å². The molecule has 0 saturated heterocycles. The van der Waals surface area contributed by atoms with Crippen molar-refractivity contribution in [3.63, 3.8) is 0 Å². The number of rotatable bonds is 7. The van der Waals surface area contributed by atoms with Crippen LogP contribution in [0.25, 0.3) is 0 Å². The molecule has 2 bridgehead atoms. The number of amides is 1. The number of halogens is 3. The molecule has 2 aromatic carbocycles. The first kappa shape index (κ1) is 25.8. The Kier molecular flexibility index (Phi) is 6.59. The van der Waals surface area contributed by atoms with E-state index >= 15 is 0 Å². The Morgan fingerprint density at radius 1 is 1.16 bits per heavy atom. The van der Waals surface area contributed by atoms with E-state index in [4.69, 9.17) is 11.6 Å². The second-order valence-corrected chi connectivity index (χ2v) is 12.2. The van der Waals surface area contributed by atoms with E-state index in [1.165, 1.54) is 18.2 Å². The summed E-state index contributed by atoms with van der Waals surface area (Å²) in [4.78, 5) is 19.4. The lowest BCUT2D eigenvalue weighted by Gasteiger charge is -2.60. The number of anilines is 1. The predicted molar refractivity (Wildman–Crippen MR) is 131 cm³/mol. The highest BCUT2D eigenvalue weighted by molar-refractivity contribution is 7.92. The number of nitrogens with one attached hydrogen (secondary N) is 2. The van der Waals surface area contributed by atoms with Gasteiger partial charge in [0, 0.05) is 36.1 Å². The molecule has 0 spiro atoms. The van der Waals surface area contributed by atoms with Crippen LogP contribution >= 0.6 is 11.6 Å². The van der Waals surface area contributed by atoms with E-state index in [0.29, 0.717) is 12.2 Å². The van der Waals surface area contributed by atoms with Crippen molar-refractivity contribution in [2.75, 3.05) is 5.32 Å². The number of carbonyl (C=O) groups excluding carboxylic acids is 1. The number of H-pyrrole nitrogens is 1. The van der Waals surface area contributed by atoms with Gasteiger partial charge >= 0.3 is 0 Å². The lowest BCUT2D eigenvalue weighted by molar-refractivity contribution is -0.230. The SMILES string of the molecule is O=C(Nc1ccc(F)c(F)c1)c1ccc(Cl)c(S(=O)(=O)[C@H]2CC3CC(C2)[C@]3(O)C(O)Cc2ncc[nH]2)c1. The summed E-state index contributed by atoms with van der Waals surface area (Å²) in [5.74, 6) is -3.24. The number of hydrogen-bond acceptors (Lipinski definition) is 6. The van der Waals surface area contributed by atoms with Crippen molar-refractivity contribution in [2.45, 2.75) is 47.5 Å². The number of sulfone groups is 1. The molecule has 4 N–H and O–H groups in total. The molecule has 0 radical (unpaired) electrons. The van der Waals surface area contributed by atoms with Gasteiger partial charge in [0.15, 0.2) is 21.5 Å². The van der Waals surface area contributed by atoms with Gasteiger partial charge in [0.05, 0.1) is 26.9 Å². The van der Waals surface area contributed by atoms with Crippen molar-refractivity contribution >= 4 is 33.0 Å². The Morgan fingerprint density at radius 2 is 1.89 bits per heavy atom. The summed E-state index contributed by atoms with van der Waals surface area (Å²) in [5, 5.41) is 23.5. The number of imidazole rings is 1. The highest BCUT2D eigenvalue weighted by Gasteiger charge is 2.63. The summed E-state index contributed by atoms with van der Waals surface area (Å²) in [6, 6.07) is 6.64. The number of nitrogens with zero attached hydrogens (tertiary/aromatic N) is 1. The number of aromatic amines is 1. The van der Waals surface area contributed by atoms with Gasteiger partial charge in [0.2, 0.25) is 0 Å². The topological polar surface area (TPSA) is 132 Å². The van der Waals surface area contributed by atoms with Crippen LogP contribution < -0.4 is 5.32 Å². The van der Waals surface area contributed by atoms with E-state index in [2.05, 4.69) is 15.3 Å². The van der Waals surface area contributed by atoms with Crippen LogP contribution in [0.5, 0.6) is 0 Å². The number of hydrogen-bond donors (Lipinski definition) is 4. The molecule has 196 valence electrons. The lowest BCUT2D eigenvalue weighted by Crippen LogP contribution is -2.67. The summed E-state index contributed by atoms with van der Waals surface area (Å²) in [5.41, 5.74) is -1.43. The average molecular weight is 552 g/mol. The summed E-state index contributed by atoms with van der Waals surface area (Å²) in [7, 11) is -4.00. The van der Waals surface area contributed by atoms with Gasteiger partial charge in [-0.3, -0.25) is 4.79 Å². The molecule has 3 aliphatic carbocycles. The molecule has 6 rings (SSSR count). The van der Waals surface area contributed by atoms with Gasteiger partial charge in [-0.15, -0.1) is 0 Å². The van der Waals surface area contributed by atoms with Crippen molar-refractivity contribution in [3.05, 3.63) is 76.8 Å². The third-order valence-electron chi connectivity index (χ3n) is 7.56. The smallest absolute Gasteiger partial charge is 0.255 e. The summed E-state index contributed by atoms with van der Waals surface area (Å²) < 4.78 is 53.8. The molecule has 3 aliphatic rings. The monoisotopic (exact) mass is 551 g/mol. The van der Waals surface area contributed by atoms with Crippen LogP contribution in [0.1, 0.15) is 35.4 Å². The zero-order valence-corrected chi connectivity index (χ0v) is 20.9. The molecule has 8 nitrogen and oxygen atoms in total. The zero-order chi connectivity index (χ0) is 26.5. The van der Waals surface area contributed by atoms with Crippen LogP contribution in [0, 0.1) is 23.5 Å². The van der Waals surface area contributed by atoms with E-state index in [1.54, 1.807) is 12.4 Å². The molecule has 1 heterocycles.